The molecule has 24 nitrogen and oxygen atoms in total. The standard InChI is InChI=1S/C69H113ClN12O12/c1-11-45(2)59-66(92)76(6)43-57(85)74(4)44-58(86)78(8)53(40-47-25-15-12-16-26-47)64(90)75(5)42-55(83)71-51(33-32-48-27-23-30-50(70)39-48)63(89)82-38-24-31-52(82)62(88)73-69(34-19-20-35-69)68(94)80(10)60(49-28-17-13-18-29-49)67(93)79(9)54(65(91)81-36-21-14-22-37-81)41-56(84)77(7)46(3)61(87)72-59/h45-54,59-60H,11-44H2,1-10H3,(H,71,83)(H,72,87)(H,73,88)/t45-,46-,48?,50?,51-,52-,53-,54-,59-,60-/m0/s1. The number of rotatable bonds is 9. The van der Waals surface area contributed by atoms with Crippen LogP contribution in [0.5, 0.6) is 0 Å². The van der Waals surface area contributed by atoms with E-state index in [1.165, 1.54) is 88.4 Å². The van der Waals surface area contributed by atoms with E-state index in [9.17, 15) is 38.4 Å². The Morgan fingerprint density at radius 2 is 1.17 bits per heavy atom. The summed E-state index contributed by atoms with van der Waals surface area (Å²) in [6, 6.07) is -7.89. The van der Waals surface area contributed by atoms with Crippen molar-refractivity contribution in [3.8, 4) is 0 Å². The molecule has 0 aromatic carbocycles. The molecule has 10 atom stereocenters. The highest BCUT2D eigenvalue weighted by Gasteiger charge is 2.51. The van der Waals surface area contributed by atoms with Crippen LogP contribution in [-0.2, 0) is 57.5 Å². The molecule has 7 aliphatic rings. The fourth-order valence-corrected chi connectivity index (χ4v) is 16.2. The molecule has 4 saturated carbocycles. The summed E-state index contributed by atoms with van der Waals surface area (Å²) in [4.78, 5) is 190. The fourth-order valence-electron chi connectivity index (χ4n) is 15.8. The summed E-state index contributed by atoms with van der Waals surface area (Å²) in [5.74, 6) is -7.09. The fraction of sp³-hybridized carbons (Fsp3) is 0.826. The highest BCUT2D eigenvalue weighted by molar-refractivity contribution is 6.20. The van der Waals surface area contributed by atoms with E-state index >= 15 is 19.2 Å². The van der Waals surface area contributed by atoms with Crippen LogP contribution >= 0.6 is 11.6 Å². The van der Waals surface area contributed by atoms with E-state index < -0.39 is 151 Å². The Balaban J connectivity index is 1.25. The number of nitrogens with zero attached hydrogens (tertiary/aromatic N) is 9. The average molecular weight is 1340 g/mol. The predicted octanol–water partition coefficient (Wildman–Crippen LogP) is 4.67. The van der Waals surface area contributed by atoms with Crippen molar-refractivity contribution in [3.63, 3.8) is 0 Å². The van der Waals surface area contributed by atoms with Crippen LogP contribution < -0.4 is 16.0 Å². The van der Waals surface area contributed by atoms with Gasteiger partial charge in [-0.05, 0) is 120 Å². The molecule has 2 unspecified atom stereocenters. The van der Waals surface area contributed by atoms with Gasteiger partial charge in [0.15, 0.2) is 0 Å². The molecule has 528 valence electrons. The second-order valence-corrected chi connectivity index (χ2v) is 29.7. The Bertz CT molecular complexity index is 2700. The topological polar surface area (TPSA) is 270 Å². The third-order valence-electron chi connectivity index (χ3n) is 22.4. The van der Waals surface area contributed by atoms with Gasteiger partial charge in [-0.25, -0.2) is 0 Å². The van der Waals surface area contributed by atoms with Crippen LogP contribution in [0.4, 0.5) is 0 Å². The minimum Gasteiger partial charge on any atom is -0.343 e. The third-order valence-corrected chi connectivity index (χ3v) is 22.8. The van der Waals surface area contributed by atoms with Crippen molar-refractivity contribution in [2.75, 3.05) is 88.6 Å². The number of alkyl halides is 1. The Morgan fingerprint density at radius 1 is 0.564 bits per heavy atom. The lowest BCUT2D eigenvalue weighted by Gasteiger charge is -2.43. The van der Waals surface area contributed by atoms with E-state index in [1.807, 2.05) is 6.92 Å². The van der Waals surface area contributed by atoms with Gasteiger partial charge in [0, 0.05) is 74.3 Å². The first-order chi connectivity index (χ1) is 44.7. The summed E-state index contributed by atoms with van der Waals surface area (Å²) in [7, 11) is 10.3. The van der Waals surface area contributed by atoms with Gasteiger partial charge in [0.2, 0.25) is 70.9 Å². The zero-order chi connectivity index (χ0) is 68.7. The molecule has 4 aliphatic carbocycles. The van der Waals surface area contributed by atoms with Gasteiger partial charge in [-0.15, -0.1) is 11.6 Å². The zero-order valence-corrected chi connectivity index (χ0v) is 59.0. The molecule has 0 radical (unpaired) electrons. The molecule has 12 amide bonds. The number of likely N-dealkylation sites (N-methyl/N-ethyl adjacent to an activating group) is 7. The molecule has 25 heteroatoms. The summed E-state index contributed by atoms with van der Waals surface area (Å²) < 4.78 is 0. The third kappa shape index (κ3) is 18.9. The minimum atomic E-state index is -1.46. The van der Waals surface area contributed by atoms with Gasteiger partial charge in [0.05, 0.1) is 26.1 Å². The van der Waals surface area contributed by atoms with Crippen LogP contribution in [-0.4, -0.2) is 257 Å². The Morgan fingerprint density at radius 3 is 1.81 bits per heavy atom. The number of hydrogen-bond donors (Lipinski definition) is 3. The van der Waals surface area contributed by atoms with Crippen molar-refractivity contribution in [1.29, 1.82) is 0 Å². The van der Waals surface area contributed by atoms with Crippen LogP contribution in [0.1, 0.15) is 201 Å². The SMILES string of the molecule is CC[C@H](C)[C@@H]1NC(=O)[C@H](C)N(C)C(=O)C[C@@H](C(=O)N2CCCCC2)N(C)C(=O)[C@H](C2CCCCC2)N(C)C(=O)C2(CCCC2)NC(=O)[C@@H]2CCCN2C(=O)[C@H](CCC2CCCC(Cl)C2)NC(=O)CN(C)C(=O)[C@H](CC2CCCCC2)N(C)C(=O)CN(C)C(=O)CN(C)C1=O. The Hall–Kier alpha value is -6.07. The summed E-state index contributed by atoms with van der Waals surface area (Å²) in [6.45, 7) is 4.79. The average Bonchev–Trinajstić information content (AvgIpc) is 1.39. The van der Waals surface area contributed by atoms with Crippen LogP contribution in [0.2, 0.25) is 0 Å². The molecule has 0 aromatic rings. The van der Waals surface area contributed by atoms with E-state index in [4.69, 9.17) is 11.6 Å². The maximum atomic E-state index is 15.7. The molecule has 0 aromatic heterocycles. The second-order valence-electron chi connectivity index (χ2n) is 29.1. The Kier molecular flexibility index (Phi) is 27.8. The van der Waals surface area contributed by atoms with Crippen LogP contribution in [0, 0.1) is 23.7 Å². The number of fused-ring (bicyclic) bond motifs is 1. The van der Waals surface area contributed by atoms with Gasteiger partial charge in [-0.2, -0.15) is 0 Å². The van der Waals surface area contributed by atoms with E-state index in [2.05, 4.69) is 16.0 Å². The molecule has 7 rings (SSSR count). The predicted molar refractivity (Wildman–Crippen MR) is 356 cm³/mol. The monoisotopic (exact) mass is 1340 g/mol. The smallest absolute Gasteiger partial charge is 0.248 e. The van der Waals surface area contributed by atoms with E-state index in [-0.39, 0.29) is 55.4 Å². The number of hydrogen-bond acceptors (Lipinski definition) is 12. The maximum Gasteiger partial charge on any atom is 0.248 e. The first kappa shape index (κ1) is 75.3. The van der Waals surface area contributed by atoms with E-state index in [0.717, 1.165) is 96.3 Å². The van der Waals surface area contributed by atoms with Crippen molar-refractivity contribution in [2.24, 2.45) is 23.7 Å². The number of carbonyl (C=O) groups is 12. The first-order valence-corrected chi connectivity index (χ1v) is 36.1. The highest BCUT2D eigenvalue weighted by atomic mass is 35.5. The summed E-state index contributed by atoms with van der Waals surface area (Å²) in [6.07, 6.45) is 17.8. The van der Waals surface area contributed by atoms with Crippen LogP contribution in [0.3, 0.4) is 0 Å². The number of carbonyl (C=O) groups excluding carboxylic acids is 12. The molecule has 1 spiro atoms. The molecule has 3 heterocycles. The normalized spacial score (nSPS) is 30.2. The lowest BCUT2D eigenvalue weighted by Crippen LogP contribution is -2.65. The van der Waals surface area contributed by atoms with Gasteiger partial charge in [-0.3, -0.25) is 57.5 Å². The number of likely N-dealkylation sites (tertiary alicyclic amines) is 1. The van der Waals surface area contributed by atoms with Gasteiger partial charge < -0.3 is 60.0 Å². The van der Waals surface area contributed by atoms with Gasteiger partial charge >= 0.3 is 0 Å². The molecular weight excluding hydrogens is 1220 g/mol. The van der Waals surface area contributed by atoms with E-state index in [1.54, 1.807) is 18.9 Å². The van der Waals surface area contributed by atoms with Crippen molar-refractivity contribution in [1.82, 2.24) is 60.0 Å². The molecule has 94 heavy (non-hydrogen) atoms. The van der Waals surface area contributed by atoms with Gasteiger partial charge in [0.25, 0.3) is 0 Å². The summed E-state index contributed by atoms with van der Waals surface area (Å²) in [5.41, 5.74) is -1.46. The number of amides is 12. The van der Waals surface area contributed by atoms with Gasteiger partial charge in [-0.1, -0.05) is 97.3 Å². The largest absolute Gasteiger partial charge is 0.343 e. The molecule has 3 aliphatic heterocycles. The lowest BCUT2D eigenvalue weighted by atomic mass is 9.81. The number of nitrogens with one attached hydrogen (secondary N) is 3. The lowest BCUT2D eigenvalue weighted by molar-refractivity contribution is -0.157. The number of halogens is 1. The van der Waals surface area contributed by atoms with Crippen molar-refractivity contribution >= 4 is 82.5 Å². The summed E-state index contributed by atoms with van der Waals surface area (Å²) >= 11 is 6.67. The van der Waals surface area contributed by atoms with Crippen molar-refractivity contribution in [2.45, 2.75) is 254 Å². The van der Waals surface area contributed by atoms with Crippen molar-refractivity contribution < 1.29 is 57.5 Å². The molecular formula is C69H113ClN12O12. The van der Waals surface area contributed by atoms with Crippen molar-refractivity contribution in [3.05, 3.63) is 0 Å². The van der Waals surface area contributed by atoms with Crippen LogP contribution in [0.15, 0.2) is 0 Å². The Labute approximate surface area is 563 Å². The second kappa shape index (κ2) is 34.7. The highest BCUT2D eigenvalue weighted by Crippen LogP contribution is 2.38. The summed E-state index contributed by atoms with van der Waals surface area (Å²) in [5, 5.41) is 8.97. The number of piperidine rings is 1. The quantitative estimate of drug-likeness (QED) is 0.266. The first-order valence-electron chi connectivity index (χ1n) is 35.6. The zero-order valence-electron chi connectivity index (χ0n) is 58.3. The van der Waals surface area contributed by atoms with Gasteiger partial charge in [0.1, 0.15) is 47.8 Å². The maximum absolute atomic E-state index is 15.7. The van der Waals surface area contributed by atoms with Crippen LogP contribution in [0.25, 0.3) is 0 Å². The minimum absolute atomic E-state index is 0.0180. The van der Waals surface area contributed by atoms with E-state index in [0.29, 0.717) is 64.5 Å². The molecule has 0 bridgehead atoms. The molecule has 3 saturated heterocycles. The molecule has 3 N–H and O–H groups in total. The molecule has 7 fully saturated rings.